The normalized spacial score (nSPS) is 41.3. The lowest BCUT2D eigenvalue weighted by molar-refractivity contribution is -0.113. The molecule has 0 aromatic carbocycles. The molecule has 0 aromatic heterocycles. The average molecular weight is 178 g/mol. The number of carbonyl (C=O) groups excluding carboxylic acids is 1. The summed E-state index contributed by atoms with van der Waals surface area (Å²) in [6.07, 6.45) is 10.8. The number of fused-ring (bicyclic) bond motifs is 2. The Kier molecular flexibility index (Phi) is 2.52. The Balaban J connectivity index is 2.01. The molecular weight excluding hydrogens is 160 g/mol. The second kappa shape index (κ2) is 3.65. The van der Waals surface area contributed by atoms with Gasteiger partial charge in [0.15, 0.2) is 0 Å². The summed E-state index contributed by atoms with van der Waals surface area (Å²) in [5, 5.41) is 0. The Morgan fingerprint density at radius 1 is 1.38 bits per heavy atom. The van der Waals surface area contributed by atoms with Crippen molar-refractivity contribution >= 4 is 6.29 Å². The molecule has 2 rings (SSSR count). The number of carbonyl (C=O) groups is 1. The minimum Gasteiger partial charge on any atom is -0.303 e. The Hall–Kier alpha value is -0.590. The predicted octanol–water partition coefficient (Wildman–Crippen LogP) is 2.81. The topological polar surface area (TPSA) is 17.1 Å². The van der Waals surface area contributed by atoms with Gasteiger partial charge in [0.2, 0.25) is 0 Å². The van der Waals surface area contributed by atoms with E-state index >= 15 is 0 Å². The van der Waals surface area contributed by atoms with E-state index in [1.165, 1.54) is 32.0 Å². The van der Waals surface area contributed by atoms with Crippen LogP contribution in [0, 0.1) is 23.7 Å². The van der Waals surface area contributed by atoms with Gasteiger partial charge in [-0.2, -0.15) is 0 Å². The smallest absolute Gasteiger partial charge is 0.123 e. The highest BCUT2D eigenvalue weighted by atomic mass is 16.1. The molecule has 13 heavy (non-hydrogen) atoms. The molecule has 0 aromatic rings. The molecule has 0 N–H and O–H groups in total. The van der Waals surface area contributed by atoms with E-state index in [4.69, 9.17) is 0 Å². The molecule has 2 aliphatic rings. The van der Waals surface area contributed by atoms with Crippen LogP contribution < -0.4 is 0 Å². The summed E-state index contributed by atoms with van der Waals surface area (Å²) in [4.78, 5) is 10.9. The van der Waals surface area contributed by atoms with Crippen molar-refractivity contribution in [2.45, 2.75) is 32.6 Å². The lowest BCUT2D eigenvalue weighted by Crippen LogP contribution is -2.20. The zero-order chi connectivity index (χ0) is 9.26. The van der Waals surface area contributed by atoms with Crippen molar-refractivity contribution in [1.29, 1.82) is 0 Å². The Morgan fingerprint density at radius 3 is 2.85 bits per heavy atom. The van der Waals surface area contributed by atoms with Gasteiger partial charge in [-0.25, -0.2) is 0 Å². The minimum absolute atomic E-state index is 0.349. The van der Waals surface area contributed by atoms with E-state index < -0.39 is 0 Å². The van der Waals surface area contributed by atoms with Crippen molar-refractivity contribution < 1.29 is 4.79 Å². The van der Waals surface area contributed by atoms with Crippen molar-refractivity contribution in [3.63, 3.8) is 0 Å². The van der Waals surface area contributed by atoms with E-state index in [0.29, 0.717) is 17.8 Å². The maximum absolute atomic E-state index is 10.9. The molecule has 0 saturated heterocycles. The largest absolute Gasteiger partial charge is 0.303 e. The molecule has 0 heterocycles. The second-order valence-electron chi connectivity index (χ2n) is 4.47. The maximum Gasteiger partial charge on any atom is 0.123 e. The van der Waals surface area contributed by atoms with Gasteiger partial charge in [-0.1, -0.05) is 31.9 Å². The fourth-order valence-corrected chi connectivity index (χ4v) is 3.01. The van der Waals surface area contributed by atoms with Crippen molar-refractivity contribution in [3.8, 4) is 0 Å². The summed E-state index contributed by atoms with van der Waals surface area (Å²) in [6, 6.07) is 0. The molecule has 0 spiro atoms. The zero-order valence-electron chi connectivity index (χ0n) is 8.28. The van der Waals surface area contributed by atoms with Gasteiger partial charge >= 0.3 is 0 Å². The minimum atomic E-state index is 0.349. The van der Waals surface area contributed by atoms with Crippen LogP contribution in [-0.4, -0.2) is 6.29 Å². The van der Waals surface area contributed by atoms with Crippen molar-refractivity contribution in [2.75, 3.05) is 0 Å². The Labute approximate surface area is 80.2 Å². The molecule has 0 unspecified atom stereocenters. The quantitative estimate of drug-likeness (QED) is 0.478. The third kappa shape index (κ3) is 1.45. The summed E-state index contributed by atoms with van der Waals surface area (Å²) in [5.41, 5.74) is 0. The SMILES string of the molecule is CCCC[C@@H]1[C@@H](C=O)[C@@H]2C=C[C@H]1C2. The van der Waals surface area contributed by atoms with E-state index in [1.807, 2.05) is 0 Å². The van der Waals surface area contributed by atoms with E-state index in [9.17, 15) is 4.79 Å². The third-order valence-electron chi connectivity index (χ3n) is 3.74. The van der Waals surface area contributed by atoms with Crippen LogP contribution in [-0.2, 0) is 4.79 Å². The van der Waals surface area contributed by atoms with E-state index in [-0.39, 0.29) is 0 Å². The van der Waals surface area contributed by atoms with Gasteiger partial charge in [0.05, 0.1) is 0 Å². The van der Waals surface area contributed by atoms with Gasteiger partial charge in [0, 0.05) is 5.92 Å². The van der Waals surface area contributed by atoms with E-state index in [2.05, 4.69) is 19.1 Å². The number of allylic oxidation sites excluding steroid dienone is 2. The van der Waals surface area contributed by atoms with Gasteiger partial charge in [0.25, 0.3) is 0 Å². The summed E-state index contributed by atoms with van der Waals surface area (Å²) in [5.74, 6) is 2.34. The molecule has 0 aliphatic heterocycles. The summed E-state index contributed by atoms with van der Waals surface area (Å²) in [6.45, 7) is 2.22. The first-order chi connectivity index (χ1) is 6.36. The first-order valence-electron chi connectivity index (χ1n) is 5.50. The number of rotatable bonds is 4. The van der Waals surface area contributed by atoms with Crippen LogP contribution in [0.5, 0.6) is 0 Å². The van der Waals surface area contributed by atoms with Crippen LogP contribution in [0.15, 0.2) is 12.2 Å². The highest BCUT2D eigenvalue weighted by Crippen LogP contribution is 2.48. The average Bonchev–Trinajstić information content (AvgIpc) is 2.73. The number of hydrogen-bond donors (Lipinski definition) is 0. The van der Waals surface area contributed by atoms with Gasteiger partial charge in [0.1, 0.15) is 6.29 Å². The molecule has 0 amide bonds. The molecule has 0 radical (unpaired) electrons. The number of hydrogen-bond acceptors (Lipinski definition) is 1. The standard InChI is InChI=1S/C12H18O/c1-2-3-4-11-9-5-6-10(7-9)12(11)8-13/h5-6,8-12H,2-4,7H2,1H3/t9-,10+,11-,12-/m0/s1. The maximum atomic E-state index is 10.9. The van der Waals surface area contributed by atoms with Crippen molar-refractivity contribution in [3.05, 3.63) is 12.2 Å². The van der Waals surface area contributed by atoms with Gasteiger partial charge in [-0.15, -0.1) is 0 Å². The van der Waals surface area contributed by atoms with Gasteiger partial charge in [-0.3, -0.25) is 0 Å². The molecule has 4 atom stereocenters. The molecule has 1 fully saturated rings. The van der Waals surface area contributed by atoms with Gasteiger partial charge < -0.3 is 4.79 Å². The van der Waals surface area contributed by atoms with E-state index in [1.54, 1.807) is 0 Å². The first kappa shape index (κ1) is 8.98. The van der Waals surface area contributed by atoms with Crippen LogP contribution in [0.25, 0.3) is 0 Å². The molecule has 1 nitrogen and oxygen atoms in total. The molecule has 72 valence electrons. The molecule has 1 saturated carbocycles. The lowest BCUT2D eigenvalue weighted by Gasteiger charge is -2.23. The second-order valence-corrected chi connectivity index (χ2v) is 4.47. The summed E-state index contributed by atoms with van der Waals surface area (Å²) in [7, 11) is 0. The summed E-state index contributed by atoms with van der Waals surface area (Å²) >= 11 is 0. The van der Waals surface area contributed by atoms with Crippen LogP contribution >= 0.6 is 0 Å². The zero-order valence-corrected chi connectivity index (χ0v) is 8.28. The van der Waals surface area contributed by atoms with Crippen LogP contribution in [0.1, 0.15) is 32.6 Å². The molecule has 1 heteroatoms. The molecule has 2 aliphatic carbocycles. The Bertz CT molecular complexity index is 219. The monoisotopic (exact) mass is 178 g/mol. The van der Waals surface area contributed by atoms with Crippen LogP contribution in [0.2, 0.25) is 0 Å². The fourth-order valence-electron chi connectivity index (χ4n) is 3.01. The molecule has 2 bridgehead atoms. The van der Waals surface area contributed by atoms with Crippen molar-refractivity contribution in [1.82, 2.24) is 0 Å². The highest BCUT2D eigenvalue weighted by Gasteiger charge is 2.43. The fraction of sp³-hybridized carbons (Fsp3) is 0.750. The predicted molar refractivity (Wildman–Crippen MR) is 53.3 cm³/mol. The highest BCUT2D eigenvalue weighted by molar-refractivity contribution is 5.57. The molecular formula is C12H18O. The van der Waals surface area contributed by atoms with Crippen LogP contribution in [0.3, 0.4) is 0 Å². The lowest BCUT2D eigenvalue weighted by atomic mass is 9.81. The first-order valence-corrected chi connectivity index (χ1v) is 5.50. The third-order valence-corrected chi connectivity index (χ3v) is 3.74. The van der Waals surface area contributed by atoms with Gasteiger partial charge in [-0.05, 0) is 30.6 Å². The van der Waals surface area contributed by atoms with E-state index in [0.717, 1.165) is 5.92 Å². The number of unbranched alkanes of at least 4 members (excludes halogenated alkanes) is 1. The van der Waals surface area contributed by atoms with Crippen LogP contribution in [0.4, 0.5) is 0 Å². The van der Waals surface area contributed by atoms with Crippen molar-refractivity contribution in [2.24, 2.45) is 23.7 Å². The Morgan fingerprint density at radius 2 is 2.15 bits per heavy atom. The summed E-state index contributed by atoms with van der Waals surface area (Å²) < 4.78 is 0. The number of aldehydes is 1.